The second-order valence-electron chi connectivity index (χ2n) is 8.91. The molecule has 1 aromatic carbocycles. The molecule has 0 aliphatic heterocycles. The van der Waals surface area contributed by atoms with Gasteiger partial charge in [-0.15, -0.1) is 0 Å². The lowest BCUT2D eigenvalue weighted by Gasteiger charge is -2.45. The van der Waals surface area contributed by atoms with Crippen molar-refractivity contribution in [3.05, 3.63) is 30.3 Å². The molecule has 2 aliphatic rings. The van der Waals surface area contributed by atoms with Crippen molar-refractivity contribution in [2.75, 3.05) is 18.1 Å². The molecule has 0 aromatic heterocycles. The van der Waals surface area contributed by atoms with Crippen molar-refractivity contribution < 1.29 is 4.79 Å². The minimum absolute atomic E-state index is 0.0892. The summed E-state index contributed by atoms with van der Waals surface area (Å²) in [4.78, 5) is 14.8. The quantitative estimate of drug-likeness (QED) is 0.656. The molecule has 2 saturated carbocycles. The first-order valence-electron chi connectivity index (χ1n) is 10.4. The zero-order valence-electron chi connectivity index (χ0n) is 17.7. The van der Waals surface area contributed by atoms with Crippen LogP contribution in [0.4, 0.5) is 5.69 Å². The van der Waals surface area contributed by atoms with Crippen LogP contribution in [0.1, 0.15) is 52.4 Å². The molecule has 2 bridgehead atoms. The van der Waals surface area contributed by atoms with Crippen LogP contribution in [0.25, 0.3) is 0 Å². The van der Waals surface area contributed by atoms with E-state index in [9.17, 15) is 4.79 Å². The Labute approximate surface area is 175 Å². The Kier molecular flexibility index (Phi) is 9.03. The Hall–Kier alpha value is -1.33. The fourth-order valence-corrected chi connectivity index (χ4v) is 5.61. The van der Waals surface area contributed by atoms with E-state index in [1.807, 2.05) is 36.6 Å². The molecule has 0 saturated heterocycles. The van der Waals surface area contributed by atoms with Gasteiger partial charge in [-0.3, -0.25) is 4.79 Å². The first-order chi connectivity index (χ1) is 13.3. The summed E-state index contributed by atoms with van der Waals surface area (Å²) in [5.41, 5.74) is 7.44. The highest BCUT2D eigenvalue weighted by atomic mass is 32.2. The molecule has 5 heteroatoms. The first kappa shape index (κ1) is 23.0. The first-order valence-corrected chi connectivity index (χ1v) is 11.7. The van der Waals surface area contributed by atoms with Gasteiger partial charge in [-0.25, -0.2) is 4.99 Å². The van der Waals surface area contributed by atoms with Crippen LogP contribution in [0.2, 0.25) is 0 Å². The number of aliphatic imine (C=N–C) groups is 1. The van der Waals surface area contributed by atoms with Crippen molar-refractivity contribution in [2.24, 2.45) is 28.5 Å². The van der Waals surface area contributed by atoms with Crippen molar-refractivity contribution in [1.29, 1.82) is 0 Å². The number of carbonyl (C=O) groups is 1. The average Bonchev–Trinajstić information content (AvgIpc) is 2.64. The highest BCUT2D eigenvalue weighted by Crippen LogP contribution is 2.45. The summed E-state index contributed by atoms with van der Waals surface area (Å²) < 4.78 is 0. The van der Waals surface area contributed by atoms with E-state index in [2.05, 4.69) is 30.9 Å². The molecule has 2 fully saturated rings. The predicted molar refractivity (Wildman–Crippen MR) is 123 cm³/mol. The minimum atomic E-state index is -0.137. The van der Waals surface area contributed by atoms with Gasteiger partial charge in [-0.05, 0) is 88.3 Å². The fourth-order valence-electron chi connectivity index (χ4n) is 4.98. The highest BCUT2D eigenvalue weighted by molar-refractivity contribution is 7.99. The number of anilines is 1. The second-order valence-corrected chi connectivity index (χ2v) is 9.95. The molecule has 3 rings (SSSR count). The van der Waals surface area contributed by atoms with Crippen LogP contribution in [0.5, 0.6) is 0 Å². The molecular formula is C23H37N3OS. The molecule has 0 radical (unpaired) electrons. The molecule has 1 amide bonds. The Morgan fingerprint density at radius 2 is 1.89 bits per heavy atom. The van der Waals surface area contributed by atoms with E-state index in [0.717, 1.165) is 36.4 Å². The van der Waals surface area contributed by atoms with E-state index in [0.29, 0.717) is 0 Å². The zero-order valence-corrected chi connectivity index (χ0v) is 18.5. The van der Waals surface area contributed by atoms with Crippen LogP contribution in [-0.4, -0.2) is 36.2 Å². The van der Waals surface area contributed by atoms with Crippen molar-refractivity contribution in [3.63, 3.8) is 0 Å². The average molecular weight is 404 g/mol. The molecule has 0 heterocycles. The molecule has 156 valence electrons. The normalized spacial score (nSPS) is 29.8. The van der Waals surface area contributed by atoms with Crippen LogP contribution in [0, 0.1) is 17.8 Å². The number of hydrogen-bond donors (Lipinski definition) is 2. The van der Waals surface area contributed by atoms with Gasteiger partial charge in [-0.1, -0.05) is 25.1 Å². The van der Waals surface area contributed by atoms with E-state index < -0.39 is 0 Å². The minimum Gasteiger partial charge on any atom is -0.385 e. The number of nitrogens with one attached hydrogen (secondary N) is 1. The Bertz CT molecular complexity index is 600. The zero-order chi connectivity index (χ0) is 20.6. The molecule has 4 nitrogen and oxygen atoms in total. The van der Waals surface area contributed by atoms with Gasteiger partial charge in [0.25, 0.3) is 5.91 Å². The Morgan fingerprint density at radius 3 is 2.43 bits per heavy atom. The van der Waals surface area contributed by atoms with Gasteiger partial charge < -0.3 is 11.1 Å². The number of para-hydroxylation sites is 1. The number of benzene rings is 1. The molecule has 3 unspecified atom stereocenters. The maximum Gasteiger partial charge on any atom is 0.258 e. The van der Waals surface area contributed by atoms with Crippen LogP contribution < -0.4 is 11.1 Å². The fraction of sp³-hybridized carbons (Fsp3) is 0.652. The summed E-state index contributed by atoms with van der Waals surface area (Å²) in [5.74, 6) is 2.72. The molecule has 3 N–H and O–H groups in total. The van der Waals surface area contributed by atoms with Gasteiger partial charge in [0, 0.05) is 17.8 Å². The lowest BCUT2D eigenvalue weighted by Crippen LogP contribution is -2.46. The summed E-state index contributed by atoms with van der Waals surface area (Å²) in [6.45, 7) is 8.66. The number of carbonyl (C=O) groups excluding carboxylic acids is 1. The van der Waals surface area contributed by atoms with Crippen molar-refractivity contribution in [3.8, 4) is 0 Å². The maximum absolute atomic E-state index is 11.3. The summed E-state index contributed by atoms with van der Waals surface area (Å²) in [7, 11) is 0. The van der Waals surface area contributed by atoms with Crippen LogP contribution in [-0.2, 0) is 4.79 Å². The standard InChI is InChI=1S/C12H16N2OS.C11H21N/c1-13-12(15)11(16-2)8-9-14-10-6-4-3-5-7-10;1-8-3-9-5-10(4-8)7-11(2,12)6-9/h3-7,11,14H,1,8-9H2,2H3;8-10H,3-7,12H2,1-2H3. The number of rotatable bonds is 6. The van der Waals surface area contributed by atoms with Gasteiger partial charge in [-0.2, -0.15) is 11.8 Å². The van der Waals surface area contributed by atoms with Gasteiger partial charge in [0.1, 0.15) is 0 Å². The monoisotopic (exact) mass is 403 g/mol. The Morgan fingerprint density at radius 1 is 1.29 bits per heavy atom. The number of nitrogens with zero attached hydrogens (tertiary/aromatic N) is 1. The van der Waals surface area contributed by atoms with Crippen LogP contribution >= 0.6 is 11.8 Å². The lowest BCUT2D eigenvalue weighted by atomic mass is 9.63. The third-order valence-corrected chi connectivity index (χ3v) is 6.88. The van der Waals surface area contributed by atoms with E-state index in [1.165, 1.54) is 43.9 Å². The van der Waals surface area contributed by atoms with Crippen molar-refractivity contribution >= 4 is 30.1 Å². The van der Waals surface area contributed by atoms with E-state index >= 15 is 0 Å². The van der Waals surface area contributed by atoms with Crippen molar-refractivity contribution in [2.45, 2.75) is 63.2 Å². The van der Waals surface area contributed by atoms with E-state index in [4.69, 9.17) is 5.73 Å². The van der Waals surface area contributed by atoms with Crippen molar-refractivity contribution in [1.82, 2.24) is 0 Å². The van der Waals surface area contributed by atoms with Gasteiger partial charge in [0.15, 0.2) is 0 Å². The number of thioether (sulfide) groups is 1. The summed E-state index contributed by atoms with van der Waals surface area (Å²) >= 11 is 1.51. The van der Waals surface area contributed by atoms with E-state index in [1.54, 1.807) is 0 Å². The number of nitrogens with two attached hydrogens (primary N) is 1. The summed E-state index contributed by atoms with van der Waals surface area (Å²) in [6.07, 6.45) is 9.55. The SMILES string of the molecule is C=NC(=O)C(CCNc1ccccc1)SC.CC1CC2CC(C1)CC(C)(N)C2. The Balaban J connectivity index is 0.000000207. The van der Waals surface area contributed by atoms with E-state index in [-0.39, 0.29) is 16.7 Å². The largest absolute Gasteiger partial charge is 0.385 e. The molecule has 28 heavy (non-hydrogen) atoms. The predicted octanol–water partition coefficient (Wildman–Crippen LogP) is 5.00. The maximum atomic E-state index is 11.3. The number of amides is 1. The molecule has 0 spiro atoms. The van der Waals surface area contributed by atoms with Crippen LogP contribution in [0.15, 0.2) is 35.3 Å². The third-order valence-electron chi connectivity index (χ3n) is 5.87. The second kappa shape index (κ2) is 11.0. The molecule has 1 aromatic rings. The van der Waals surface area contributed by atoms with Gasteiger partial charge in [0.05, 0.1) is 5.25 Å². The molecule has 2 aliphatic carbocycles. The summed E-state index contributed by atoms with van der Waals surface area (Å²) in [5, 5.41) is 3.17. The molecular weight excluding hydrogens is 366 g/mol. The van der Waals surface area contributed by atoms with Gasteiger partial charge in [0.2, 0.25) is 0 Å². The smallest absolute Gasteiger partial charge is 0.258 e. The topological polar surface area (TPSA) is 67.5 Å². The highest BCUT2D eigenvalue weighted by Gasteiger charge is 2.38. The van der Waals surface area contributed by atoms with Crippen LogP contribution in [0.3, 0.4) is 0 Å². The van der Waals surface area contributed by atoms with Gasteiger partial charge >= 0.3 is 0 Å². The number of hydrogen-bond acceptors (Lipinski definition) is 4. The summed E-state index contributed by atoms with van der Waals surface area (Å²) in [6, 6.07) is 9.93. The lowest BCUT2D eigenvalue weighted by molar-refractivity contribution is -0.117. The molecule has 3 atom stereocenters. The number of fused-ring (bicyclic) bond motifs is 2. The third kappa shape index (κ3) is 7.59.